The van der Waals surface area contributed by atoms with Crippen LogP contribution in [0, 0.1) is 0 Å². The molecule has 0 aliphatic heterocycles. The van der Waals surface area contributed by atoms with E-state index in [2.05, 4.69) is 241 Å². The molecule has 298 valence electrons. The lowest BCUT2D eigenvalue weighted by atomic mass is 9.94. The standard InChI is InChI=1S/C62H39NO/c1-4-13-50-41(10-1)20-21-46-38-45(28-34-53(46)50)40-22-30-48(31-23-40)63(49-32-24-44(25-33-49)52-17-9-18-56-51-14-5-2-11-42(51)26-35-57(52)56)60-19-8-7-15-54(60)47-29-37-61-59(39-47)58-36-27-43-12-3-6-16-55(43)62(58)64-61/h1-39H. The maximum Gasteiger partial charge on any atom is 0.143 e. The molecule has 0 aliphatic carbocycles. The molecule has 0 unspecified atom stereocenters. The maximum atomic E-state index is 6.55. The molecule has 0 amide bonds. The van der Waals surface area contributed by atoms with E-state index in [0.717, 1.165) is 55.5 Å². The molecule has 0 atom stereocenters. The Morgan fingerprint density at radius 1 is 0.266 bits per heavy atom. The summed E-state index contributed by atoms with van der Waals surface area (Å²) in [5.41, 5.74) is 12.1. The van der Waals surface area contributed by atoms with Gasteiger partial charge in [-0.25, -0.2) is 0 Å². The zero-order valence-corrected chi connectivity index (χ0v) is 34.9. The molecular formula is C62H39NO. The van der Waals surface area contributed by atoms with Gasteiger partial charge in [-0.2, -0.15) is 0 Å². The van der Waals surface area contributed by atoms with E-state index >= 15 is 0 Å². The number of furan rings is 1. The SMILES string of the molecule is c1ccc(N(c2ccc(-c3ccc4c(ccc5ccccc54)c3)cc2)c2ccc(-c3cccc4c3ccc3ccccc34)cc2)c(-c2ccc3oc4c5ccccc5ccc4c3c2)c1. The van der Waals surface area contributed by atoms with E-state index in [4.69, 9.17) is 4.42 Å². The van der Waals surface area contributed by atoms with Gasteiger partial charge < -0.3 is 9.32 Å². The molecule has 2 nitrogen and oxygen atoms in total. The van der Waals surface area contributed by atoms with Crippen LogP contribution >= 0.6 is 0 Å². The molecule has 13 rings (SSSR count). The number of anilines is 3. The zero-order chi connectivity index (χ0) is 42.1. The summed E-state index contributed by atoms with van der Waals surface area (Å²) < 4.78 is 6.55. The van der Waals surface area contributed by atoms with E-state index in [1.165, 1.54) is 70.7 Å². The van der Waals surface area contributed by atoms with Crippen LogP contribution in [-0.4, -0.2) is 0 Å². The molecule has 0 spiro atoms. The molecule has 0 fully saturated rings. The summed E-state index contributed by atoms with van der Waals surface area (Å²) in [6, 6.07) is 86.1. The normalized spacial score (nSPS) is 11.8. The van der Waals surface area contributed by atoms with E-state index in [-0.39, 0.29) is 0 Å². The number of rotatable bonds is 6. The van der Waals surface area contributed by atoms with Crippen LogP contribution in [0.2, 0.25) is 0 Å². The van der Waals surface area contributed by atoms with Crippen LogP contribution in [0.4, 0.5) is 17.1 Å². The highest BCUT2D eigenvalue weighted by molar-refractivity contribution is 6.16. The molecule has 0 N–H and O–H groups in total. The summed E-state index contributed by atoms with van der Waals surface area (Å²) in [6.45, 7) is 0. The van der Waals surface area contributed by atoms with Crippen molar-refractivity contribution < 1.29 is 4.42 Å². The van der Waals surface area contributed by atoms with Crippen LogP contribution < -0.4 is 4.90 Å². The first-order chi connectivity index (χ1) is 31.7. The topological polar surface area (TPSA) is 16.4 Å². The lowest BCUT2D eigenvalue weighted by molar-refractivity contribution is 0.672. The average Bonchev–Trinajstić information content (AvgIpc) is 3.75. The number of hydrogen-bond acceptors (Lipinski definition) is 2. The maximum absolute atomic E-state index is 6.55. The summed E-state index contributed by atoms with van der Waals surface area (Å²) in [4.78, 5) is 2.40. The third kappa shape index (κ3) is 5.88. The van der Waals surface area contributed by atoms with Crippen molar-refractivity contribution >= 4 is 92.9 Å². The molecule has 0 radical (unpaired) electrons. The Hall–Kier alpha value is -8.46. The second kappa shape index (κ2) is 14.6. The summed E-state index contributed by atoms with van der Waals surface area (Å²) in [6.07, 6.45) is 0. The third-order valence-electron chi connectivity index (χ3n) is 13.2. The van der Waals surface area contributed by atoms with Crippen molar-refractivity contribution in [3.05, 3.63) is 237 Å². The molecular weight excluding hydrogens is 775 g/mol. The predicted octanol–water partition coefficient (Wildman–Crippen LogP) is 17.8. The first kappa shape index (κ1) is 36.2. The monoisotopic (exact) mass is 813 g/mol. The molecule has 0 bridgehead atoms. The van der Waals surface area contributed by atoms with Gasteiger partial charge in [0, 0.05) is 33.1 Å². The van der Waals surface area contributed by atoms with Gasteiger partial charge >= 0.3 is 0 Å². The van der Waals surface area contributed by atoms with Gasteiger partial charge in [-0.1, -0.05) is 182 Å². The minimum atomic E-state index is 0.888. The Balaban J connectivity index is 0.941. The number of benzene rings is 12. The van der Waals surface area contributed by atoms with Gasteiger partial charge in [0.15, 0.2) is 0 Å². The zero-order valence-electron chi connectivity index (χ0n) is 34.9. The molecule has 0 saturated carbocycles. The molecule has 2 heteroatoms. The number of nitrogens with zero attached hydrogens (tertiary/aromatic N) is 1. The van der Waals surface area contributed by atoms with Crippen LogP contribution in [0.25, 0.3) is 109 Å². The Morgan fingerprint density at radius 3 is 1.55 bits per heavy atom. The second-order valence-corrected chi connectivity index (χ2v) is 16.8. The fourth-order valence-electron chi connectivity index (χ4n) is 10.1. The Morgan fingerprint density at radius 2 is 0.781 bits per heavy atom. The van der Waals surface area contributed by atoms with Crippen LogP contribution in [0.15, 0.2) is 241 Å². The lowest BCUT2D eigenvalue weighted by Gasteiger charge is -2.28. The Labute approximate surface area is 370 Å². The molecule has 13 aromatic rings. The number of para-hydroxylation sites is 1. The van der Waals surface area contributed by atoms with Gasteiger partial charge in [0.1, 0.15) is 11.2 Å². The smallest absolute Gasteiger partial charge is 0.143 e. The minimum absolute atomic E-state index is 0.888. The van der Waals surface area contributed by atoms with E-state index in [1.54, 1.807) is 0 Å². The summed E-state index contributed by atoms with van der Waals surface area (Å²) >= 11 is 0. The van der Waals surface area contributed by atoms with Gasteiger partial charge in [-0.05, 0) is 131 Å². The summed E-state index contributed by atoms with van der Waals surface area (Å²) in [5.74, 6) is 0. The van der Waals surface area contributed by atoms with Crippen molar-refractivity contribution in [1.82, 2.24) is 0 Å². The van der Waals surface area contributed by atoms with Crippen LogP contribution in [0.5, 0.6) is 0 Å². The summed E-state index contributed by atoms with van der Waals surface area (Å²) in [7, 11) is 0. The molecule has 1 aromatic heterocycles. The van der Waals surface area contributed by atoms with Gasteiger partial charge in [0.25, 0.3) is 0 Å². The van der Waals surface area contributed by atoms with Gasteiger partial charge in [-0.3, -0.25) is 0 Å². The highest BCUT2D eigenvalue weighted by atomic mass is 16.3. The molecule has 1 heterocycles. The predicted molar refractivity (Wildman–Crippen MR) is 272 cm³/mol. The molecule has 0 saturated heterocycles. The number of fused-ring (bicyclic) bond motifs is 11. The Kier molecular flexibility index (Phi) is 8.25. The largest absolute Gasteiger partial charge is 0.455 e. The van der Waals surface area contributed by atoms with Crippen LogP contribution in [-0.2, 0) is 0 Å². The van der Waals surface area contributed by atoms with Crippen LogP contribution in [0.1, 0.15) is 0 Å². The van der Waals surface area contributed by atoms with Crippen molar-refractivity contribution in [3.63, 3.8) is 0 Å². The van der Waals surface area contributed by atoms with Crippen molar-refractivity contribution in [2.45, 2.75) is 0 Å². The van der Waals surface area contributed by atoms with Crippen molar-refractivity contribution in [1.29, 1.82) is 0 Å². The minimum Gasteiger partial charge on any atom is -0.455 e. The average molecular weight is 814 g/mol. The fourth-order valence-corrected chi connectivity index (χ4v) is 10.1. The van der Waals surface area contributed by atoms with Crippen molar-refractivity contribution in [2.75, 3.05) is 4.90 Å². The van der Waals surface area contributed by atoms with Crippen molar-refractivity contribution in [2.24, 2.45) is 0 Å². The molecule has 0 aliphatic rings. The van der Waals surface area contributed by atoms with E-state index in [0.29, 0.717) is 0 Å². The van der Waals surface area contributed by atoms with Gasteiger partial charge in [-0.15, -0.1) is 0 Å². The molecule has 12 aromatic carbocycles. The first-order valence-corrected chi connectivity index (χ1v) is 22.0. The van der Waals surface area contributed by atoms with Gasteiger partial charge in [0.2, 0.25) is 0 Å². The lowest BCUT2D eigenvalue weighted by Crippen LogP contribution is -2.11. The van der Waals surface area contributed by atoms with E-state index < -0.39 is 0 Å². The highest BCUT2D eigenvalue weighted by Gasteiger charge is 2.20. The van der Waals surface area contributed by atoms with Crippen LogP contribution in [0.3, 0.4) is 0 Å². The summed E-state index contributed by atoms with van der Waals surface area (Å²) in [5, 5.41) is 14.7. The third-order valence-corrected chi connectivity index (χ3v) is 13.2. The Bertz CT molecular complexity index is 3950. The second-order valence-electron chi connectivity index (χ2n) is 16.8. The first-order valence-electron chi connectivity index (χ1n) is 22.0. The van der Waals surface area contributed by atoms with Crippen molar-refractivity contribution in [3.8, 4) is 33.4 Å². The fraction of sp³-hybridized carbons (Fsp3) is 0. The number of hydrogen-bond donors (Lipinski definition) is 0. The quantitative estimate of drug-likeness (QED) is 0.156. The van der Waals surface area contributed by atoms with E-state index in [9.17, 15) is 0 Å². The van der Waals surface area contributed by atoms with E-state index in [1.807, 2.05) is 0 Å². The molecule has 64 heavy (non-hydrogen) atoms. The van der Waals surface area contributed by atoms with Gasteiger partial charge in [0.05, 0.1) is 5.69 Å². The highest BCUT2D eigenvalue weighted by Crippen LogP contribution is 2.44.